The highest BCUT2D eigenvalue weighted by Crippen LogP contribution is 2.31. The Hall–Kier alpha value is -3.91. The fourth-order valence-electron chi connectivity index (χ4n) is 3.82. The molecular formula is C26H24N4O6S3. The molecule has 4 rings (SSSR count). The molecule has 2 amide bonds. The first-order valence-corrected chi connectivity index (χ1v) is 14.8. The van der Waals surface area contributed by atoms with E-state index in [1.54, 1.807) is 23.5 Å². The number of carbonyl (C=O) groups excluding carboxylic acids is 3. The number of hydrogen-bond acceptors (Lipinski definition) is 8. The minimum absolute atomic E-state index is 0.124. The molecule has 202 valence electrons. The molecule has 0 bridgehead atoms. The zero-order valence-corrected chi connectivity index (χ0v) is 22.8. The van der Waals surface area contributed by atoms with E-state index in [2.05, 4.69) is 10.6 Å². The van der Waals surface area contributed by atoms with Crippen LogP contribution in [0.25, 0.3) is 9.88 Å². The number of thiophene rings is 1. The summed E-state index contributed by atoms with van der Waals surface area (Å²) < 4.78 is 33.2. The van der Waals surface area contributed by atoms with Crippen molar-refractivity contribution >= 4 is 56.8 Å². The number of aromatic nitrogens is 1. The van der Waals surface area contributed by atoms with Crippen molar-refractivity contribution in [1.29, 1.82) is 0 Å². The maximum Gasteiger partial charge on any atom is 0.357 e. The lowest BCUT2D eigenvalue weighted by atomic mass is 10.0. The molecule has 0 spiro atoms. The van der Waals surface area contributed by atoms with Crippen LogP contribution >= 0.6 is 22.7 Å². The topological polar surface area (TPSA) is 155 Å². The maximum absolute atomic E-state index is 13.5. The Balaban J connectivity index is 1.59. The molecule has 4 aromatic rings. The Morgan fingerprint density at radius 1 is 0.923 bits per heavy atom. The third kappa shape index (κ3) is 8.29. The average molecular weight is 585 g/mol. The van der Waals surface area contributed by atoms with Gasteiger partial charge in [0.1, 0.15) is 11.0 Å². The second-order valence-corrected chi connectivity index (χ2v) is 11.4. The molecule has 13 heteroatoms. The van der Waals surface area contributed by atoms with Gasteiger partial charge in [-0.05, 0) is 41.1 Å². The number of amides is 2. The van der Waals surface area contributed by atoms with Gasteiger partial charge in [-0.3, -0.25) is 23.7 Å². The molecule has 0 radical (unpaired) electrons. The Labute approximate surface area is 233 Å². The summed E-state index contributed by atoms with van der Waals surface area (Å²) in [6.07, 6.45) is 0.594. The predicted octanol–water partition coefficient (Wildman–Crippen LogP) is 3.41. The van der Waals surface area contributed by atoms with Gasteiger partial charge < -0.3 is 10.6 Å². The van der Waals surface area contributed by atoms with Crippen LogP contribution in [0.4, 0.5) is 5.69 Å². The minimum Gasteiger partial charge on any atom is -0.346 e. The van der Waals surface area contributed by atoms with Gasteiger partial charge in [0.05, 0.1) is 22.3 Å². The van der Waals surface area contributed by atoms with E-state index in [0.717, 1.165) is 21.0 Å². The van der Waals surface area contributed by atoms with Crippen molar-refractivity contribution in [3.63, 3.8) is 0 Å². The first-order chi connectivity index (χ1) is 18.7. The average Bonchev–Trinajstić information content (AvgIpc) is 3.61. The lowest BCUT2D eigenvalue weighted by molar-refractivity contribution is -0.134. The first-order valence-electron chi connectivity index (χ1n) is 11.6. The largest absolute Gasteiger partial charge is 0.357 e. The van der Waals surface area contributed by atoms with Crippen molar-refractivity contribution in [1.82, 2.24) is 15.6 Å². The van der Waals surface area contributed by atoms with E-state index in [4.69, 9.17) is 9.54 Å². The number of benzene rings is 2. The van der Waals surface area contributed by atoms with Gasteiger partial charge in [-0.2, -0.15) is 8.42 Å². The molecule has 0 aliphatic carbocycles. The van der Waals surface area contributed by atoms with Gasteiger partial charge in [-0.25, -0.2) is 4.98 Å². The Bertz CT molecular complexity index is 1520. The van der Waals surface area contributed by atoms with Gasteiger partial charge in [0.2, 0.25) is 12.2 Å². The molecule has 0 unspecified atom stereocenters. The summed E-state index contributed by atoms with van der Waals surface area (Å²) in [6.45, 7) is 0. The summed E-state index contributed by atoms with van der Waals surface area (Å²) in [5.74, 6) is -1.40. The maximum atomic E-state index is 13.5. The monoisotopic (exact) mass is 584 g/mol. The van der Waals surface area contributed by atoms with Crippen molar-refractivity contribution in [2.24, 2.45) is 0 Å². The number of nitrogens with zero attached hydrogens (tertiary/aromatic N) is 1. The van der Waals surface area contributed by atoms with Crippen LogP contribution in [-0.2, 0) is 37.5 Å². The SMILES string of the molecule is O=CC(=O)N[C@@H](Cc1ccccc1)C(=O)N[C@@H](Cc1ccc(NS(=O)(=O)O)cc1)c1csc(-c2cccs2)n1. The van der Waals surface area contributed by atoms with Crippen LogP contribution in [0.2, 0.25) is 0 Å². The van der Waals surface area contributed by atoms with Gasteiger partial charge in [-0.1, -0.05) is 48.5 Å². The summed E-state index contributed by atoms with van der Waals surface area (Å²) in [5.41, 5.74) is 2.34. The van der Waals surface area contributed by atoms with E-state index >= 15 is 0 Å². The van der Waals surface area contributed by atoms with Gasteiger partial charge in [0, 0.05) is 11.8 Å². The van der Waals surface area contributed by atoms with Crippen molar-refractivity contribution < 1.29 is 27.4 Å². The number of aldehydes is 1. The standard InChI is InChI=1S/C26H24N4O6S3/c31-15-24(32)27-21(14-17-5-2-1-3-6-17)25(33)28-20(22-16-38-26(29-22)23-7-4-12-37-23)13-18-8-10-19(11-9-18)30-39(34,35)36/h1-12,15-16,20-21,30H,13-14H2,(H,27,32)(H,28,33)(H,34,35,36)/t20-,21-/m0/s1. The third-order valence-corrected chi connectivity index (χ3v) is 7.98. The number of anilines is 1. The molecule has 39 heavy (non-hydrogen) atoms. The summed E-state index contributed by atoms with van der Waals surface area (Å²) in [5, 5.41) is 10.0. The van der Waals surface area contributed by atoms with Gasteiger partial charge >= 0.3 is 10.3 Å². The lowest BCUT2D eigenvalue weighted by Gasteiger charge is -2.22. The fourth-order valence-corrected chi connectivity index (χ4v) is 5.94. The summed E-state index contributed by atoms with van der Waals surface area (Å²) in [7, 11) is -4.41. The smallest absolute Gasteiger partial charge is 0.346 e. The minimum atomic E-state index is -4.41. The number of rotatable bonds is 12. The zero-order chi connectivity index (χ0) is 27.8. The van der Waals surface area contributed by atoms with Crippen molar-refractivity contribution in [3.8, 4) is 9.88 Å². The van der Waals surface area contributed by atoms with E-state index in [9.17, 15) is 22.8 Å². The quantitative estimate of drug-likeness (QED) is 0.113. The zero-order valence-electron chi connectivity index (χ0n) is 20.3. The van der Waals surface area contributed by atoms with Crippen molar-refractivity contribution in [2.75, 3.05) is 4.72 Å². The van der Waals surface area contributed by atoms with E-state index < -0.39 is 34.2 Å². The van der Waals surface area contributed by atoms with Crippen molar-refractivity contribution in [3.05, 3.63) is 94.3 Å². The molecule has 0 saturated carbocycles. The van der Waals surface area contributed by atoms with E-state index in [0.29, 0.717) is 12.1 Å². The molecule has 0 aliphatic rings. The normalized spacial score (nSPS) is 12.7. The molecule has 2 aromatic heterocycles. The molecule has 2 aromatic carbocycles. The highest BCUT2D eigenvalue weighted by Gasteiger charge is 2.26. The first kappa shape index (κ1) is 28.1. The number of hydrogen-bond donors (Lipinski definition) is 4. The van der Waals surface area contributed by atoms with Crippen molar-refractivity contribution in [2.45, 2.75) is 24.9 Å². The second-order valence-electron chi connectivity index (χ2n) is 8.46. The summed E-state index contributed by atoms with van der Waals surface area (Å²) >= 11 is 2.98. The summed E-state index contributed by atoms with van der Waals surface area (Å²) in [6, 6.07) is 17.7. The molecular weight excluding hydrogens is 561 g/mol. The third-order valence-electron chi connectivity index (χ3n) is 5.59. The fraction of sp³-hybridized carbons (Fsp3) is 0.154. The van der Waals surface area contributed by atoms with Crippen LogP contribution < -0.4 is 15.4 Å². The number of nitrogens with one attached hydrogen (secondary N) is 3. The Morgan fingerprint density at radius 2 is 1.64 bits per heavy atom. The highest BCUT2D eigenvalue weighted by molar-refractivity contribution is 7.87. The van der Waals surface area contributed by atoms with Crippen LogP contribution in [0.5, 0.6) is 0 Å². The van der Waals surface area contributed by atoms with E-state index in [1.165, 1.54) is 23.5 Å². The van der Waals surface area contributed by atoms with Gasteiger partial charge in [0.15, 0.2) is 0 Å². The van der Waals surface area contributed by atoms with Crippen LogP contribution in [0.15, 0.2) is 77.5 Å². The number of thiazole rings is 1. The van der Waals surface area contributed by atoms with E-state index in [-0.39, 0.29) is 18.4 Å². The molecule has 0 saturated heterocycles. The molecule has 4 N–H and O–H groups in total. The van der Waals surface area contributed by atoms with Crippen LogP contribution in [0.1, 0.15) is 22.9 Å². The second kappa shape index (κ2) is 12.8. The highest BCUT2D eigenvalue weighted by atomic mass is 32.2. The Kier molecular flexibility index (Phi) is 9.19. The van der Waals surface area contributed by atoms with E-state index in [1.807, 2.05) is 57.9 Å². The number of carbonyl (C=O) groups is 3. The summed E-state index contributed by atoms with van der Waals surface area (Å²) in [4.78, 5) is 42.1. The van der Waals surface area contributed by atoms with Gasteiger partial charge in [0.25, 0.3) is 5.91 Å². The van der Waals surface area contributed by atoms with Crippen LogP contribution in [-0.4, -0.2) is 42.1 Å². The van der Waals surface area contributed by atoms with Crippen LogP contribution in [0.3, 0.4) is 0 Å². The Morgan fingerprint density at radius 3 is 2.28 bits per heavy atom. The molecule has 2 atom stereocenters. The van der Waals surface area contributed by atoms with Crippen LogP contribution in [0, 0.1) is 0 Å². The molecule has 0 fully saturated rings. The molecule has 0 aliphatic heterocycles. The molecule has 2 heterocycles. The lowest BCUT2D eigenvalue weighted by Crippen LogP contribution is -2.49. The molecule has 10 nitrogen and oxygen atoms in total. The van der Waals surface area contributed by atoms with Gasteiger partial charge in [-0.15, -0.1) is 22.7 Å². The predicted molar refractivity (Wildman–Crippen MR) is 150 cm³/mol.